The summed E-state index contributed by atoms with van der Waals surface area (Å²) in [7, 11) is 0. The van der Waals surface area contributed by atoms with Gasteiger partial charge in [-0.15, -0.1) is 0 Å². The monoisotopic (exact) mass is 295 g/mol. The molecule has 4 nitrogen and oxygen atoms in total. The Bertz CT molecular complexity index is 688. The maximum Gasteiger partial charge on any atom is 0.337 e. The van der Waals surface area contributed by atoms with Crippen molar-refractivity contribution in [2.75, 3.05) is 5.73 Å². The van der Waals surface area contributed by atoms with Crippen LogP contribution in [0.3, 0.4) is 0 Å². The van der Waals surface area contributed by atoms with Crippen molar-refractivity contribution in [2.24, 2.45) is 0 Å². The van der Waals surface area contributed by atoms with E-state index in [1.807, 2.05) is 0 Å². The molecule has 0 aliphatic rings. The van der Waals surface area contributed by atoms with Crippen LogP contribution in [0, 0.1) is 12.7 Å². The van der Waals surface area contributed by atoms with Crippen molar-refractivity contribution in [3.63, 3.8) is 0 Å². The van der Waals surface area contributed by atoms with Gasteiger partial charge >= 0.3 is 5.97 Å². The highest BCUT2D eigenvalue weighted by molar-refractivity contribution is 6.30. The maximum atomic E-state index is 13.8. The van der Waals surface area contributed by atoms with Crippen molar-refractivity contribution < 1.29 is 19.0 Å². The lowest BCUT2D eigenvalue weighted by atomic mass is 10.1. The number of benzene rings is 2. The molecule has 3 N–H and O–H groups in total. The van der Waals surface area contributed by atoms with Gasteiger partial charge in [-0.1, -0.05) is 17.7 Å². The molecular weight excluding hydrogens is 285 g/mol. The van der Waals surface area contributed by atoms with Crippen molar-refractivity contribution >= 4 is 23.3 Å². The minimum atomic E-state index is -1.25. The molecule has 0 saturated carbocycles. The molecule has 104 valence electrons. The molecule has 0 spiro atoms. The Morgan fingerprint density at radius 1 is 1.30 bits per heavy atom. The normalized spacial score (nSPS) is 10.3. The molecule has 0 unspecified atom stereocenters. The highest BCUT2D eigenvalue weighted by Crippen LogP contribution is 2.31. The number of hydrogen-bond acceptors (Lipinski definition) is 3. The van der Waals surface area contributed by atoms with Crippen LogP contribution in [0.1, 0.15) is 15.9 Å². The number of nitrogen functional groups attached to an aromatic ring is 1. The van der Waals surface area contributed by atoms with Crippen molar-refractivity contribution in [2.45, 2.75) is 6.92 Å². The van der Waals surface area contributed by atoms with Crippen LogP contribution in [0.5, 0.6) is 11.5 Å². The fourth-order valence-corrected chi connectivity index (χ4v) is 1.80. The summed E-state index contributed by atoms with van der Waals surface area (Å²) in [6.07, 6.45) is 0. The Balaban J connectivity index is 2.45. The molecule has 0 atom stereocenters. The van der Waals surface area contributed by atoms with E-state index in [4.69, 9.17) is 27.2 Å². The minimum Gasteiger partial charge on any atom is -0.478 e. The molecule has 0 amide bonds. The van der Waals surface area contributed by atoms with E-state index in [0.29, 0.717) is 10.8 Å². The second-order valence-electron chi connectivity index (χ2n) is 4.19. The second-order valence-corrected chi connectivity index (χ2v) is 4.62. The summed E-state index contributed by atoms with van der Waals surface area (Å²) in [5, 5.41) is 9.40. The number of nitrogens with two attached hydrogens (primary N) is 1. The van der Waals surface area contributed by atoms with E-state index in [2.05, 4.69) is 0 Å². The van der Waals surface area contributed by atoms with E-state index in [-0.39, 0.29) is 17.0 Å². The first-order chi connectivity index (χ1) is 9.38. The van der Waals surface area contributed by atoms with Gasteiger partial charge in [0.2, 0.25) is 0 Å². The number of carboxylic acid groups (broad SMARTS) is 1. The summed E-state index contributed by atoms with van der Waals surface area (Å²) in [6, 6.07) is 6.87. The van der Waals surface area contributed by atoms with E-state index in [9.17, 15) is 9.18 Å². The second kappa shape index (κ2) is 5.38. The van der Waals surface area contributed by atoms with E-state index < -0.39 is 11.8 Å². The van der Waals surface area contributed by atoms with Gasteiger partial charge in [0.15, 0.2) is 11.6 Å². The predicted molar refractivity (Wildman–Crippen MR) is 74.0 cm³/mol. The van der Waals surface area contributed by atoms with Gasteiger partial charge in [-0.25, -0.2) is 9.18 Å². The summed E-state index contributed by atoms with van der Waals surface area (Å²) in [5.41, 5.74) is 5.80. The standard InChI is InChI=1S/C14H11ClFNO3/c1-7-2-3-8(15)4-12(7)20-13-5-9(14(18)19)11(17)6-10(13)16/h2-6H,17H2,1H3,(H,18,19). The molecule has 0 fully saturated rings. The highest BCUT2D eigenvalue weighted by Gasteiger charge is 2.15. The molecular formula is C14H11ClFNO3. The Hall–Kier alpha value is -2.27. The zero-order valence-electron chi connectivity index (χ0n) is 10.5. The summed E-state index contributed by atoms with van der Waals surface area (Å²) < 4.78 is 19.2. The number of halogens is 2. The Kier molecular flexibility index (Phi) is 3.81. The van der Waals surface area contributed by atoms with Gasteiger partial charge in [-0.3, -0.25) is 0 Å². The number of carboxylic acids is 1. The molecule has 6 heteroatoms. The third-order valence-electron chi connectivity index (χ3n) is 2.70. The molecule has 2 aromatic carbocycles. The third-order valence-corrected chi connectivity index (χ3v) is 2.94. The van der Waals surface area contributed by atoms with Gasteiger partial charge < -0.3 is 15.6 Å². The number of aryl methyl sites for hydroxylation is 1. The van der Waals surface area contributed by atoms with Gasteiger partial charge in [0.25, 0.3) is 0 Å². The fourth-order valence-electron chi connectivity index (χ4n) is 1.63. The highest BCUT2D eigenvalue weighted by atomic mass is 35.5. The summed E-state index contributed by atoms with van der Waals surface area (Å²) >= 11 is 5.84. The Morgan fingerprint density at radius 2 is 2.00 bits per heavy atom. The van der Waals surface area contributed by atoms with Gasteiger partial charge in [0, 0.05) is 22.8 Å². The van der Waals surface area contributed by atoms with Crippen LogP contribution in [0.2, 0.25) is 5.02 Å². The molecule has 0 aliphatic carbocycles. The van der Waals surface area contributed by atoms with Crippen molar-refractivity contribution in [1.29, 1.82) is 0 Å². The molecule has 2 rings (SSSR count). The molecule has 20 heavy (non-hydrogen) atoms. The Morgan fingerprint density at radius 3 is 2.65 bits per heavy atom. The molecule has 0 saturated heterocycles. The first-order valence-corrected chi connectivity index (χ1v) is 6.02. The van der Waals surface area contributed by atoms with Crippen molar-refractivity contribution in [3.8, 4) is 11.5 Å². The number of rotatable bonds is 3. The average molecular weight is 296 g/mol. The smallest absolute Gasteiger partial charge is 0.337 e. The van der Waals surface area contributed by atoms with Crippen LogP contribution in [0.15, 0.2) is 30.3 Å². The third kappa shape index (κ3) is 2.83. The number of hydrogen-bond donors (Lipinski definition) is 2. The van der Waals surface area contributed by atoms with Crippen LogP contribution in [0.4, 0.5) is 10.1 Å². The number of aromatic carboxylic acids is 1. The van der Waals surface area contributed by atoms with Crippen molar-refractivity contribution in [3.05, 3.63) is 52.3 Å². The first-order valence-electron chi connectivity index (χ1n) is 5.65. The molecule has 0 radical (unpaired) electrons. The van der Waals surface area contributed by atoms with E-state index in [1.165, 1.54) is 6.07 Å². The van der Waals surface area contributed by atoms with Gasteiger partial charge in [-0.2, -0.15) is 0 Å². The van der Waals surface area contributed by atoms with E-state index in [0.717, 1.165) is 17.7 Å². The molecule has 0 bridgehead atoms. The summed E-state index contributed by atoms with van der Waals surface area (Å²) in [4.78, 5) is 11.0. The quantitative estimate of drug-likeness (QED) is 0.843. The van der Waals surface area contributed by atoms with Gasteiger partial charge in [0.05, 0.1) is 5.56 Å². The Labute approximate surface area is 119 Å². The number of carbonyl (C=O) groups is 1. The SMILES string of the molecule is Cc1ccc(Cl)cc1Oc1cc(C(=O)O)c(N)cc1F. The van der Waals surface area contributed by atoms with Crippen LogP contribution < -0.4 is 10.5 Å². The van der Waals surface area contributed by atoms with Crippen LogP contribution in [-0.4, -0.2) is 11.1 Å². The van der Waals surface area contributed by atoms with Crippen molar-refractivity contribution in [1.82, 2.24) is 0 Å². The molecule has 2 aromatic rings. The van der Waals surface area contributed by atoms with E-state index in [1.54, 1.807) is 19.1 Å². The largest absolute Gasteiger partial charge is 0.478 e. The average Bonchev–Trinajstić information content (AvgIpc) is 2.36. The zero-order chi connectivity index (χ0) is 14.9. The molecule has 0 heterocycles. The lowest BCUT2D eigenvalue weighted by molar-refractivity contribution is 0.0697. The van der Waals surface area contributed by atoms with Crippen LogP contribution >= 0.6 is 11.6 Å². The lowest BCUT2D eigenvalue weighted by Gasteiger charge is -2.11. The summed E-state index contributed by atoms with van der Waals surface area (Å²) in [5.74, 6) is -1.87. The van der Waals surface area contributed by atoms with Gasteiger partial charge in [0.1, 0.15) is 5.75 Å². The van der Waals surface area contributed by atoms with Gasteiger partial charge in [-0.05, 0) is 24.6 Å². The molecule has 0 aromatic heterocycles. The van der Waals surface area contributed by atoms with Crippen LogP contribution in [0.25, 0.3) is 0 Å². The lowest BCUT2D eigenvalue weighted by Crippen LogP contribution is -2.04. The number of ether oxygens (including phenoxy) is 1. The predicted octanol–water partition coefficient (Wildman–Crippen LogP) is 3.86. The maximum absolute atomic E-state index is 13.8. The van der Waals surface area contributed by atoms with Crippen LogP contribution in [-0.2, 0) is 0 Å². The topological polar surface area (TPSA) is 72.5 Å². The zero-order valence-corrected chi connectivity index (χ0v) is 11.2. The minimum absolute atomic E-state index is 0.162. The first kappa shape index (κ1) is 14.1. The summed E-state index contributed by atoms with van der Waals surface area (Å²) in [6.45, 7) is 1.76. The number of anilines is 1. The fraction of sp³-hybridized carbons (Fsp3) is 0.0714. The van der Waals surface area contributed by atoms with E-state index >= 15 is 0 Å². The molecule has 0 aliphatic heterocycles.